The van der Waals surface area contributed by atoms with Gasteiger partial charge in [-0.2, -0.15) is 0 Å². The molecule has 1 aliphatic rings. The molecule has 3 N–H and O–H groups in total. The van der Waals surface area contributed by atoms with Crippen LogP contribution in [-0.2, 0) is 0 Å². The summed E-state index contributed by atoms with van der Waals surface area (Å²) >= 11 is 0. The molecule has 0 spiro atoms. The second kappa shape index (κ2) is 2.38. The summed E-state index contributed by atoms with van der Waals surface area (Å²) in [7, 11) is 0. The van der Waals surface area contributed by atoms with E-state index in [9.17, 15) is 5.11 Å². The quantitative estimate of drug-likeness (QED) is 0.607. The number of nitrogen functional groups attached to an aromatic ring is 1. The van der Waals surface area contributed by atoms with Crippen molar-refractivity contribution in [3.63, 3.8) is 0 Å². The Hall–Kier alpha value is -1.76. The van der Waals surface area contributed by atoms with E-state index in [0.29, 0.717) is 23.4 Å². The van der Waals surface area contributed by atoms with Crippen LogP contribution in [0, 0.1) is 0 Å². The summed E-state index contributed by atoms with van der Waals surface area (Å²) in [5.74, 6) is 0.316. The summed E-state index contributed by atoms with van der Waals surface area (Å²) in [6.45, 7) is 0. The van der Waals surface area contributed by atoms with Gasteiger partial charge in [-0.05, 0) is 0 Å². The minimum atomic E-state index is -0.337. The first-order valence-electron chi connectivity index (χ1n) is 4.27. The smallest absolute Gasteiger partial charge is 0.184 e. The number of aliphatic hydroxyl groups excluding tert-OH is 1. The predicted molar refractivity (Wildman–Crippen MR) is 47.2 cm³/mol. The van der Waals surface area contributed by atoms with Crippen LogP contribution in [0.3, 0.4) is 0 Å². The van der Waals surface area contributed by atoms with E-state index >= 15 is 0 Å². The average Bonchev–Trinajstić information content (AvgIpc) is 2.75. The average molecular weight is 192 g/mol. The number of hydrogen-bond donors (Lipinski definition) is 2. The molecule has 1 aliphatic carbocycles. The monoisotopic (exact) mass is 192 g/mol. The molecule has 2 unspecified atom stereocenters. The van der Waals surface area contributed by atoms with E-state index in [1.165, 1.54) is 6.33 Å². The molecule has 3 rings (SSSR count). The number of fused-ring (bicyclic) bond motifs is 1. The molecular formula is C7H8N6O. The Kier molecular flexibility index (Phi) is 1.30. The van der Waals surface area contributed by atoms with Crippen LogP contribution in [0.5, 0.6) is 0 Å². The van der Waals surface area contributed by atoms with E-state index in [-0.39, 0.29) is 12.1 Å². The molecule has 7 nitrogen and oxygen atoms in total. The van der Waals surface area contributed by atoms with Crippen molar-refractivity contribution in [1.82, 2.24) is 25.0 Å². The van der Waals surface area contributed by atoms with Gasteiger partial charge in [-0.1, -0.05) is 5.21 Å². The Bertz CT molecular complexity index is 494. The van der Waals surface area contributed by atoms with E-state index in [1.807, 2.05) is 0 Å². The standard InChI is InChI=1S/C7H8N6O/c8-6-5-7(10-2-9-6)13(12-11-5)3-1-4(3)14/h2-4,14H,1H2,(H2,8,9,10). The van der Waals surface area contributed by atoms with Gasteiger partial charge in [0.05, 0.1) is 12.1 Å². The fraction of sp³-hybridized carbons (Fsp3) is 0.429. The molecular weight excluding hydrogens is 184 g/mol. The van der Waals surface area contributed by atoms with Gasteiger partial charge in [0, 0.05) is 6.42 Å². The SMILES string of the molecule is Nc1ncnc2c1nnn2C1CC1O. The Balaban J connectivity index is 2.22. The van der Waals surface area contributed by atoms with Crippen LogP contribution in [0.15, 0.2) is 6.33 Å². The van der Waals surface area contributed by atoms with Crippen LogP contribution in [0.4, 0.5) is 5.82 Å². The van der Waals surface area contributed by atoms with Crippen molar-refractivity contribution in [2.24, 2.45) is 0 Å². The van der Waals surface area contributed by atoms with E-state index in [2.05, 4.69) is 20.3 Å². The number of hydrogen-bond acceptors (Lipinski definition) is 6. The van der Waals surface area contributed by atoms with Gasteiger partial charge in [0.2, 0.25) is 0 Å². The van der Waals surface area contributed by atoms with E-state index in [4.69, 9.17) is 5.73 Å². The topological polar surface area (TPSA) is 103 Å². The molecule has 14 heavy (non-hydrogen) atoms. The predicted octanol–water partition coefficient (Wildman–Crippen LogP) is -0.891. The zero-order valence-electron chi connectivity index (χ0n) is 7.20. The molecule has 0 aliphatic heterocycles. The fourth-order valence-corrected chi connectivity index (χ4v) is 1.44. The van der Waals surface area contributed by atoms with Gasteiger partial charge in [-0.3, -0.25) is 0 Å². The maximum atomic E-state index is 9.26. The number of nitrogens with zero attached hydrogens (tertiary/aromatic N) is 5. The third-order valence-electron chi connectivity index (χ3n) is 2.33. The van der Waals surface area contributed by atoms with Gasteiger partial charge >= 0.3 is 0 Å². The molecule has 1 fully saturated rings. The molecule has 2 aromatic rings. The molecule has 0 bridgehead atoms. The van der Waals surface area contributed by atoms with Crippen molar-refractivity contribution in [3.05, 3.63) is 6.33 Å². The maximum absolute atomic E-state index is 9.26. The number of aliphatic hydroxyl groups is 1. The fourth-order valence-electron chi connectivity index (χ4n) is 1.44. The maximum Gasteiger partial charge on any atom is 0.184 e. The second-order valence-electron chi connectivity index (χ2n) is 3.34. The minimum absolute atomic E-state index is 0.00528. The van der Waals surface area contributed by atoms with Crippen LogP contribution in [0.25, 0.3) is 11.2 Å². The van der Waals surface area contributed by atoms with Gasteiger partial charge in [0.25, 0.3) is 0 Å². The van der Waals surface area contributed by atoms with E-state index in [1.54, 1.807) is 4.68 Å². The van der Waals surface area contributed by atoms with Crippen molar-refractivity contribution in [2.75, 3.05) is 5.73 Å². The number of anilines is 1. The summed E-state index contributed by atoms with van der Waals surface area (Å²) in [4.78, 5) is 7.84. The molecule has 0 radical (unpaired) electrons. The molecule has 2 aromatic heterocycles. The van der Waals surface area contributed by atoms with Crippen LogP contribution >= 0.6 is 0 Å². The Morgan fingerprint density at radius 3 is 3.00 bits per heavy atom. The van der Waals surface area contributed by atoms with Crippen molar-refractivity contribution in [1.29, 1.82) is 0 Å². The van der Waals surface area contributed by atoms with Gasteiger partial charge in [-0.15, -0.1) is 5.10 Å². The van der Waals surface area contributed by atoms with Crippen molar-refractivity contribution >= 4 is 17.0 Å². The highest BCUT2D eigenvalue weighted by atomic mass is 16.3. The largest absolute Gasteiger partial charge is 0.391 e. The lowest BCUT2D eigenvalue weighted by Gasteiger charge is -1.97. The first-order valence-corrected chi connectivity index (χ1v) is 4.27. The highest BCUT2D eigenvalue weighted by Gasteiger charge is 2.39. The first-order chi connectivity index (χ1) is 6.77. The Morgan fingerprint density at radius 1 is 1.50 bits per heavy atom. The number of rotatable bonds is 1. The Labute approximate surface area is 78.6 Å². The Morgan fingerprint density at radius 2 is 2.29 bits per heavy atom. The minimum Gasteiger partial charge on any atom is -0.391 e. The molecule has 0 amide bonds. The third kappa shape index (κ3) is 0.896. The lowest BCUT2D eigenvalue weighted by molar-refractivity contribution is 0.256. The molecule has 1 saturated carbocycles. The highest BCUT2D eigenvalue weighted by molar-refractivity contribution is 5.80. The lowest BCUT2D eigenvalue weighted by atomic mass is 10.5. The summed E-state index contributed by atoms with van der Waals surface area (Å²) in [5, 5.41) is 17.0. The van der Waals surface area contributed by atoms with Crippen LogP contribution in [-0.4, -0.2) is 36.2 Å². The third-order valence-corrected chi connectivity index (χ3v) is 2.33. The summed E-state index contributed by atoms with van der Waals surface area (Å²) in [5.41, 5.74) is 6.67. The van der Waals surface area contributed by atoms with E-state index < -0.39 is 0 Å². The number of nitrogens with two attached hydrogens (primary N) is 1. The first kappa shape index (κ1) is 7.63. The van der Waals surface area contributed by atoms with Gasteiger partial charge < -0.3 is 10.8 Å². The summed E-state index contributed by atoms with van der Waals surface area (Å²) in [6.07, 6.45) is 1.73. The second-order valence-corrected chi connectivity index (χ2v) is 3.34. The summed E-state index contributed by atoms with van der Waals surface area (Å²) < 4.78 is 1.60. The van der Waals surface area contributed by atoms with Crippen molar-refractivity contribution < 1.29 is 5.11 Å². The molecule has 72 valence electrons. The van der Waals surface area contributed by atoms with E-state index in [0.717, 1.165) is 0 Å². The van der Waals surface area contributed by atoms with Gasteiger partial charge in [0.1, 0.15) is 6.33 Å². The molecule has 2 heterocycles. The van der Waals surface area contributed by atoms with Gasteiger partial charge in [0.15, 0.2) is 17.0 Å². The number of aromatic nitrogens is 5. The molecule has 0 saturated heterocycles. The van der Waals surface area contributed by atoms with Crippen LogP contribution < -0.4 is 5.73 Å². The van der Waals surface area contributed by atoms with Crippen molar-refractivity contribution in [3.8, 4) is 0 Å². The van der Waals surface area contributed by atoms with Gasteiger partial charge in [-0.25, -0.2) is 14.6 Å². The molecule has 2 atom stereocenters. The normalized spacial score (nSPS) is 25.5. The lowest BCUT2D eigenvalue weighted by Crippen LogP contribution is -2.02. The zero-order valence-corrected chi connectivity index (χ0v) is 7.20. The van der Waals surface area contributed by atoms with Crippen molar-refractivity contribution in [2.45, 2.75) is 18.6 Å². The van der Waals surface area contributed by atoms with Crippen LogP contribution in [0.1, 0.15) is 12.5 Å². The van der Waals surface area contributed by atoms with Crippen LogP contribution in [0.2, 0.25) is 0 Å². The molecule has 0 aromatic carbocycles. The molecule has 7 heteroatoms. The summed E-state index contributed by atoms with van der Waals surface area (Å²) in [6, 6.07) is -0.00528. The highest BCUT2D eigenvalue weighted by Crippen LogP contribution is 2.36. The zero-order chi connectivity index (χ0) is 9.71.